The maximum absolute atomic E-state index is 14.4. The SMILES string of the molecule is COc1ccc2c(c1)C1CC1(S(=O)(=O)N(C)CCN(C)C)Cn1c-2c(C2CCCCC2)c2ccc(C(=O)O)cc21. The summed E-state index contributed by atoms with van der Waals surface area (Å²) in [4.78, 5) is 14.0. The standard InChI is InChI=1S/C31H39N3O5S/c1-32(2)14-15-33(3)40(37,38)31-18-26(31)25-17-22(39-4)11-13-23(25)29-28(20-8-6-5-7-9-20)24-12-10-21(30(35)36)16-27(24)34(29)19-31/h10-13,16-17,20,26H,5-9,14-15,18-19H2,1-4H3,(H,35,36). The number of carboxylic acids is 1. The number of sulfonamides is 1. The van der Waals surface area contributed by atoms with Crippen LogP contribution in [0.25, 0.3) is 22.2 Å². The highest BCUT2D eigenvalue weighted by atomic mass is 32.2. The summed E-state index contributed by atoms with van der Waals surface area (Å²) in [6, 6.07) is 11.4. The number of rotatable bonds is 8. The number of hydrogen-bond acceptors (Lipinski definition) is 5. The molecule has 0 spiro atoms. The summed E-state index contributed by atoms with van der Waals surface area (Å²) in [7, 11) is 3.52. The monoisotopic (exact) mass is 565 g/mol. The first-order valence-electron chi connectivity index (χ1n) is 14.3. The Hall–Kier alpha value is -2.88. The number of nitrogens with zero attached hydrogens (tertiary/aromatic N) is 3. The van der Waals surface area contributed by atoms with Crippen LogP contribution in [0.2, 0.25) is 0 Å². The molecule has 0 amide bonds. The fourth-order valence-corrected chi connectivity index (χ4v) is 9.30. The first kappa shape index (κ1) is 27.3. The Labute approximate surface area is 236 Å². The molecule has 2 aliphatic carbocycles. The maximum Gasteiger partial charge on any atom is 0.335 e. The number of ether oxygens (including phenoxy) is 1. The van der Waals surface area contributed by atoms with Gasteiger partial charge in [-0.25, -0.2) is 17.5 Å². The molecule has 3 aliphatic rings. The Balaban J connectivity index is 1.62. The fraction of sp³-hybridized carbons (Fsp3) is 0.516. The first-order valence-corrected chi connectivity index (χ1v) is 15.7. The van der Waals surface area contributed by atoms with Crippen LogP contribution in [0.5, 0.6) is 5.75 Å². The highest BCUT2D eigenvalue weighted by Gasteiger charge is 2.67. The number of methoxy groups -OCH3 is 1. The Morgan fingerprint density at radius 2 is 1.82 bits per heavy atom. The lowest BCUT2D eigenvalue weighted by Gasteiger charge is -2.27. The van der Waals surface area contributed by atoms with E-state index < -0.39 is 20.7 Å². The van der Waals surface area contributed by atoms with E-state index in [1.807, 2.05) is 37.2 Å². The van der Waals surface area contributed by atoms with Crippen LogP contribution in [0, 0.1) is 0 Å². The summed E-state index contributed by atoms with van der Waals surface area (Å²) in [6.07, 6.45) is 6.24. The molecule has 0 radical (unpaired) electrons. The van der Waals surface area contributed by atoms with Gasteiger partial charge in [-0.15, -0.1) is 0 Å². The van der Waals surface area contributed by atoms with Gasteiger partial charge >= 0.3 is 5.97 Å². The molecule has 2 heterocycles. The van der Waals surface area contributed by atoms with Gasteiger partial charge in [-0.2, -0.15) is 0 Å². The number of benzene rings is 2. The molecular formula is C31H39N3O5S. The van der Waals surface area contributed by atoms with Crippen LogP contribution in [0.4, 0.5) is 0 Å². The van der Waals surface area contributed by atoms with Crippen molar-refractivity contribution in [3.05, 3.63) is 53.1 Å². The van der Waals surface area contributed by atoms with Gasteiger partial charge in [-0.3, -0.25) is 0 Å². The van der Waals surface area contributed by atoms with Gasteiger partial charge in [0, 0.05) is 49.1 Å². The number of likely N-dealkylation sites (N-methyl/N-ethyl adjacent to an activating group) is 2. The summed E-state index contributed by atoms with van der Waals surface area (Å²) in [6.45, 7) is 1.34. The normalized spacial score (nSPS) is 22.6. The van der Waals surface area contributed by atoms with E-state index in [0.717, 1.165) is 59.2 Å². The van der Waals surface area contributed by atoms with Crippen LogP contribution in [0.3, 0.4) is 0 Å². The number of hydrogen-bond donors (Lipinski definition) is 1. The van der Waals surface area contributed by atoms with Gasteiger partial charge in [0.05, 0.1) is 18.4 Å². The summed E-state index contributed by atoms with van der Waals surface area (Å²) >= 11 is 0. The summed E-state index contributed by atoms with van der Waals surface area (Å²) in [5, 5.41) is 10.9. The third-order valence-electron chi connectivity index (χ3n) is 9.49. The van der Waals surface area contributed by atoms with Gasteiger partial charge in [-0.05, 0) is 80.7 Å². The Kier molecular flexibility index (Phi) is 6.75. The Morgan fingerprint density at radius 1 is 1.07 bits per heavy atom. The minimum atomic E-state index is -3.69. The Bertz CT molecular complexity index is 1590. The molecule has 9 heteroatoms. The van der Waals surface area contributed by atoms with Crippen LogP contribution in [0.1, 0.15) is 71.8 Å². The molecule has 2 aromatic carbocycles. The van der Waals surface area contributed by atoms with Crippen LogP contribution in [-0.4, -0.2) is 79.4 Å². The number of carboxylic acid groups (broad SMARTS) is 1. The summed E-state index contributed by atoms with van der Waals surface area (Å²) in [5.74, 6) is -0.0792. The molecule has 2 atom stereocenters. The number of fused-ring (bicyclic) bond motifs is 7. The minimum Gasteiger partial charge on any atom is -0.497 e. The molecule has 1 N–H and O–H groups in total. The molecule has 6 rings (SSSR count). The van der Waals surface area contributed by atoms with Gasteiger partial charge in [0.15, 0.2) is 0 Å². The zero-order valence-corrected chi connectivity index (χ0v) is 24.6. The van der Waals surface area contributed by atoms with E-state index in [1.165, 1.54) is 16.3 Å². The second-order valence-electron chi connectivity index (χ2n) is 12.1. The fourth-order valence-electron chi connectivity index (χ4n) is 7.20. The molecule has 1 aromatic heterocycles. The van der Waals surface area contributed by atoms with E-state index in [1.54, 1.807) is 26.3 Å². The second kappa shape index (κ2) is 9.89. The topological polar surface area (TPSA) is 92.1 Å². The van der Waals surface area contributed by atoms with Crippen LogP contribution in [0.15, 0.2) is 36.4 Å². The van der Waals surface area contributed by atoms with Crippen LogP contribution in [-0.2, 0) is 16.6 Å². The van der Waals surface area contributed by atoms with Crippen molar-refractivity contribution in [1.29, 1.82) is 0 Å². The number of carbonyl (C=O) groups is 1. The minimum absolute atomic E-state index is 0.166. The molecule has 40 heavy (non-hydrogen) atoms. The van der Waals surface area contributed by atoms with E-state index in [0.29, 0.717) is 32.0 Å². The third kappa shape index (κ3) is 4.16. The van der Waals surface area contributed by atoms with Crippen molar-refractivity contribution < 1.29 is 23.1 Å². The quantitative estimate of drug-likeness (QED) is 0.407. The van der Waals surface area contributed by atoms with Gasteiger partial charge < -0.3 is 19.3 Å². The Morgan fingerprint density at radius 3 is 2.50 bits per heavy atom. The average Bonchev–Trinajstić information content (AvgIpc) is 3.63. The largest absolute Gasteiger partial charge is 0.497 e. The lowest BCUT2D eigenvalue weighted by molar-refractivity contribution is 0.0697. The highest BCUT2D eigenvalue weighted by Crippen LogP contribution is 2.64. The lowest BCUT2D eigenvalue weighted by atomic mass is 9.81. The lowest BCUT2D eigenvalue weighted by Crippen LogP contribution is -2.43. The summed E-state index contributed by atoms with van der Waals surface area (Å²) in [5.41, 5.74) is 5.39. The van der Waals surface area contributed by atoms with E-state index in [9.17, 15) is 18.3 Å². The van der Waals surface area contributed by atoms with E-state index in [2.05, 4.69) is 10.6 Å². The molecule has 3 aromatic rings. The number of aromatic nitrogens is 1. The van der Waals surface area contributed by atoms with Gasteiger partial charge in [0.1, 0.15) is 10.5 Å². The predicted molar refractivity (Wildman–Crippen MR) is 157 cm³/mol. The van der Waals surface area contributed by atoms with Crippen molar-refractivity contribution in [1.82, 2.24) is 13.8 Å². The predicted octanol–water partition coefficient (Wildman–Crippen LogP) is 5.13. The molecule has 2 saturated carbocycles. The van der Waals surface area contributed by atoms with E-state index in [4.69, 9.17) is 4.74 Å². The third-order valence-corrected chi connectivity index (χ3v) is 12.1. The maximum atomic E-state index is 14.4. The molecule has 1 aliphatic heterocycles. The van der Waals surface area contributed by atoms with Crippen LogP contribution >= 0.6 is 0 Å². The van der Waals surface area contributed by atoms with Crippen molar-refractivity contribution in [3.8, 4) is 17.0 Å². The smallest absolute Gasteiger partial charge is 0.335 e. The molecule has 2 fully saturated rings. The molecular weight excluding hydrogens is 526 g/mol. The summed E-state index contributed by atoms with van der Waals surface area (Å²) < 4.78 is 37.0. The van der Waals surface area contributed by atoms with Crippen LogP contribution < -0.4 is 4.74 Å². The first-order chi connectivity index (χ1) is 19.1. The van der Waals surface area contributed by atoms with Gasteiger partial charge in [0.25, 0.3) is 0 Å². The molecule has 0 saturated heterocycles. The van der Waals surface area contributed by atoms with Crippen molar-refractivity contribution in [3.63, 3.8) is 0 Å². The van der Waals surface area contributed by atoms with Gasteiger partial charge in [0.2, 0.25) is 10.0 Å². The number of aromatic carboxylic acids is 1. The average molecular weight is 566 g/mol. The zero-order chi connectivity index (χ0) is 28.4. The van der Waals surface area contributed by atoms with Crippen molar-refractivity contribution >= 4 is 26.9 Å². The van der Waals surface area contributed by atoms with E-state index in [-0.39, 0.29) is 11.5 Å². The molecule has 0 bridgehead atoms. The molecule has 8 nitrogen and oxygen atoms in total. The van der Waals surface area contributed by atoms with Crippen molar-refractivity contribution in [2.75, 3.05) is 41.3 Å². The molecule has 2 unspecified atom stereocenters. The molecule has 214 valence electrons. The van der Waals surface area contributed by atoms with Crippen molar-refractivity contribution in [2.45, 2.75) is 61.7 Å². The van der Waals surface area contributed by atoms with Gasteiger partial charge in [-0.1, -0.05) is 25.3 Å². The highest BCUT2D eigenvalue weighted by molar-refractivity contribution is 7.90. The van der Waals surface area contributed by atoms with E-state index >= 15 is 0 Å². The second-order valence-corrected chi connectivity index (χ2v) is 14.5. The zero-order valence-electron chi connectivity index (χ0n) is 23.8. The van der Waals surface area contributed by atoms with Crippen molar-refractivity contribution in [2.24, 2.45) is 0 Å².